The van der Waals surface area contributed by atoms with E-state index in [2.05, 4.69) is 6.92 Å². The molecule has 1 heterocycles. The van der Waals surface area contributed by atoms with Crippen molar-refractivity contribution in [2.45, 2.75) is 56.3 Å². The Bertz CT molecular complexity index is 1020. The van der Waals surface area contributed by atoms with Crippen molar-refractivity contribution >= 4 is 15.8 Å². The number of nitrogens with zero attached hydrogens (tertiary/aromatic N) is 1. The molecule has 1 aliphatic rings. The van der Waals surface area contributed by atoms with Gasteiger partial charge < -0.3 is 14.2 Å². The number of carbonyl (C=O) groups excluding carboxylic acids is 1. The van der Waals surface area contributed by atoms with Gasteiger partial charge >= 0.3 is 5.97 Å². The normalized spacial score (nSPS) is 18.9. The molecule has 7 nitrogen and oxygen atoms in total. The second kappa shape index (κ2) is 12.2. The van der Waals surface area contributed by atoms with E-state index >= 15 is 0 Å². The summed E-state index contributed by atoms with van der Waals surface area (Å²) in [6.07, 6.45) is 2.73. The summed E-state index contributed by atoms with van der Waals surface area (Å²) in [7, 11) is -2.12. The first kappa shape index (κ1) is 26.0. The molecule has 2 unspecified atom stereocenters. The first-order chi connectivity index (χ1) is 16.4. The maximum absolute atomic E-state index is 13.7. The third-order valence-electron chi connectivity index (χ3n) is 6.10. The van der Waals surface area contributed by atoms with Crippen LogP contribution in [-0.2, 0) is 25.9 Å². The van der Waals surface area contributed by atoms with Crippen LogP contribution < -0.4 is 9.47 Å². The van der Waals surface area contributed by atoms with Crippen LogP contribution in [0.25, 0.3) is 0 Å². The molecule has 0 N–H and O–H groups in total. The van der Waals surface area contributed by atoms with Gasteiger partial charge in [-0.25, -0.2) is 8.42 Å². The van der Waals surface area contributed by atoms with Gasteiger partial charge in [-0.2, -0.15) is 0 Å². The van der Waals surface area contributed by atoms with Crippen molar-refractivity contribution in [1.82, 2.24) is 4.90 Å². The molecular weight excluding hydrogens is 454 g/mol. The lowest BCUT2D eigenvalue weighted by Crippen LogP contribution is -2.48. The molecule has 0 spiro atoms. The van der Waals surface area contributed by atoms with E-state index in [1.165, 1.54) is 0 Å². The van der Waals surface area contributed by atoms with Crippen molar-refractivity contribution < 1.29 is 27.4 Å². The Hall–Kier alpha value is -2.58. The molecule has 0 aromatic heterocycles. The Labute approximate surface area is 202 Å². The number of rotatable bonds is 11. The van der Waals surface area contributed by atoms with Crippen LogP contribution in [0.5, 0.6) is 11.5 Å². The zero-order valence-corrected chi connectivity index (χ0v) is 21.1. The Morgan fingerprint density at radius 2 is 1.71 bits per heavy atom. The minimum absolute atomic E-state index is 0.200. The molecule has 3 rings (SSSR count). The number of carbonyl (C=O) groups is 1. The van der Waals surface area contributed by atoms with Crippen LogP contribution in [0.3, 0.4) is 0 Å². The van der Waals surface area contributed by atoms with Gasteiger partial charge in [-0.15, -0.1) is 0 Å². The summed E-state index contributed by atoms with van der Waals surface area (Å²) in [5.41, 5.74) is 0.982. The van der Waals surface area contributed by atoms with E-state index in [1.807, 2.05) is 29.2 Å². The molecule has 186 valence electrons. The van der Waals surface area contributed by atoms with Gasteiger partial charge in [0.2, 0.25) is 0 Å². The summed E-state index contributed by atoms with van der Waals surface area (Å²) in [5, 5.41) is -0.829. The molecule has 0 saturated carbocycles. The van der Waals surface area contributed by atoms with Gasteiger partial charge in [0, 0.05) is 13.1 Å². The number of hydrogen-bond acceptors (Lipinski definition) is 7. The van der Waals surface area contributed by atoms with Gasteiger partial charge in [0.1, 0.15) is 16.9 Å². The highest BCUT2D eigenvalue weighted by atomic mass is 32.2. The molecule has 0 aliphatic carbocycles. The second-order valence-electron chi connectivity index (χ2n) is 8.46. The zero-order chi connectivity index (χ0) is 24.6. The number of piperidine rings is 1. The van der Waals surface area contributed by atoms with Gasteiger partial charge in [0.25, 0.3) is 0 Å². The molecule has 1 fully saturated rings. The van der Waals surface area contributed by atoms with Crippen LogP contribution >= 0.6 is 0 Å². The zero-order valence-electron chi connectivity index (χ0n) is 20.2. The summed E-state index contributed by atoms with van der Waals surface area (Å²) >= 11 is 0. The van der Waals surface area contributed by atoms with Gasteiger partial charge in [-0.1, -0.05) is 25.5 Å². The van der Waals surface area contributed by atoms with E-state index in [9.17, 15) is 13.2 Å². The molecule has 1 saturated heterocycles. The van der Waals surface area contributed by atoms with Gasteiger partial charge in [0.15, 0.2) is 9.84 Å². The fourth-order valence-electron chi connectivity index (χ4n) is 4.14. The number of unbranched alkanes of at least 4 members (excludes halogenated alkanes) is 1. The summed E-state index contributed by atoms with van der Waals surface area (Å²) in [4.78, 5) is 14.6. The van der Waals surface area contributed by atoms with Crippen LogP contribution in [0.2, 0.25) is 0 Å². The Morgan fingerprint density at radius 3 is 2.32 bits per heavy atom. The van der Waals surface area contributed by atoms with Gasteiger partial charge in [0.05, 0.1) is 31.1 Å². The van der Waals surface area contributed by atoms with Gasteiger partial charge in [-0.05, 0) is 68.1 Å². The predicted octanol–water partition coefficient (Wildman–Crippen LogP) is 4.45. The van der Waals surface area contributed by atoms with Crippen molar-refractivity contribution in [2.24, 2.45) is 5.92 Å². The maximum Gasteiger partial charge on any atom is 0.309 e. The fraction of sp³-hybridized carbons (Fsp3) is 0.500. The third kappa shape index (κ3) is 6.51. The molecule has 2 aromatic carbocycles. The van der Waals surface area contributed by atoms with E-state index in [4.69, 9.17) is 14.2 Å². The van der Waals surface area contributed by atoms with Crippen LogP contribution in [0, 0.1) is 5.92 Å². The minimum Gasteiger partial charge on any atom is -0.497 e. The van der Waals surface area contributed by atoms with E-state index < -0.39 is 21.1 Å². The summed E-state index contributed by atoms with van der Waals surface area (Å²) < 4.78 is 43.6. The number of hydrogen-bond donors (Lipinski definition) is 0. The van der Waals surface area contributed by atoms with Crippen LogP contribution in [0.1, 0.15) is 45.1 Å². The largest absolute Gasteiger partial charge is 0.497 e. The fourth-order valence-corrected chi connectivity index (χ4v) is 6.02. The van der Waals surface area contributed by atoms with Crippen LogP contribution in [0.4, 0.5) is 0 Å². The highest BCUT2D eigenvalue weighted by Gasteiger charge is 2.41. The summed E-state index contributed by atoms with van der Waals surface area (Å²) in [6, 6.07) is 14.2. The van der Waals surface area contributed by atoms with E-state index in [1.54, 1.807) is 38.3 Å². The second-order valence-corrected chi connectivity index (χ2v) is 10.6. The summed E-state index contributed by atoms with van der Waals surface area (Å²) in [5.74, 6) is 0.626. The molecule has 1 aliphatic heterocycles. The molecule has 2 aromatic rings. The molecule has 34 heavy (non-hydrogen) atoms. The van der Waals surface area contributed by atoms with Crippen molar-refractivity contribution in [2.75, 3.05) is 26.9 Å². The molecule has 0 radical (unpaired) electrons. The first-order valence-corrected chi connectivity index (χ1v) is 13.4. The molecular formula is C26H35NO6S. The standard InChI is InChI=1S/C26H35NO6S/c1-4-6-17-33-23-11-13-24(14-12-23)34(29,30)25-18-21(26(28)32-5-2)15-16-27(25)19-20-7-9-22(31-3)10-8-20/h7-14,21,25H,4-6,15-19H2,1-3H3. The maximum atomic E-state index is 13.7. The molecule has 0 amide bonds. The Kier molecular flexibility index (Phi) is 9.36. The van der Waals surface area contributed by atoms with Crippen molar-refractivity contribution in [1.29, 1.82) is 0 Å². The lowest BCUT2D eigenvalue weighted by molar-refractivity contribution is -0.149. The number of methoxy groups -OCH3 is 1. The number of sulfone groups is 1. The third-order valence-corrected chi connectivity index (χ3v) is 8.24. The SMILES string of the molecule is CCCCOc1ccc(S(=O)(=O)C2CC(C(=O)OCC)CCN2Cc2ccc(OC)cc2)cc1. The van der Waals surface area contributed by atoms with Crippen LogP contribution in [-0.4, -0.2) is 51.5 Å². The van der Waals surface area contributed by atoms with E-state index in [-0.39, 0.29) is 23.9 Å². The molecule has 2 atom stereocenters. The minimum atomic E-state index is -3.73. The Balaban J connectivity index is 1.84. The smallest absolute Gasteiger partial charge is 0.309 e. The average molecular weight is 490 g/mol. The topological polar surface area (TPSA) is 82.1 Å². The quantitative estimate of drug-likeness (QED) is 0.341. The van der Waals surface area contributed by atoms with Crippen molar-refractivity contribution in [3.63, 3.8) is 0 Å². The van der Waals surface area contributed by atoms with Crippen LogP contribution in [0.15, 0.2) is 53.4 Å². The van der Waals surface area contributed by atoms with Crippen molar-refractivity contribution in [3.05, 3.63) is 54.1 Å². The monoisotopic (exact) mass is 489 g/mol. The van der Waals surface area contributed by atoms with Gasteiger partial charge in [-0.3, -0.25) is 9.69 Å². The lowest BCUT2D eigenvalue weighted by Gasteiger charge is -2.38. The number of ether oxygens (including phenoxy) is 3. The highest BCUT2D eigenvalue weighted by Crippen LogP contribution is 2.33. The summed E-state index contributed by atoms with van der Waals surface area (Å²) in [6.45, 7) is 5.67. The number of benzene rings is 2. The number of esters is 1. The number of likely N-dealkylation sites (tertiary alicyclic amines) is 1. The van der Waals surface area contributed by atoms with E-state index in [0.717, 1.165) is 24.2 Å². The average Bonchev–Trinajstić information content (AvgIpc) is 2.85. The Morgan fingerprint density at radius 1 is 1.03 bits per heavy atom. The first-order valence-electron chi connectivity index (χ1n) is 11.9. The predicted molar refractivity (Wildman–Crippen MR) is 131 cm³/mol. The van der Waals surface area contributed by atoms with Crippen molar-refractivity contribution in [3.8, 4) is 11.5 Å². The van der Waals surface area contributed by atoms with E-state index in [0.29, 0.717) is 31.9 Å². The molecule has 0 bridgehead atoms. The highest BCUT2D eigenvalue weighted by molar-refractivity contribution is 7.92. The lowest BCUT2D eigenvalue weighted by atomic mass is 9.96. The molecule has 8 heteroatoms.